The molecule has 0 aliphatic rings. The number of ketones is 1. The van der Waals surface area contributed by atoms with Gasteiger partial charge in [0.25, 0.3) is 0 Å². The molecule has 2 aromatic carbocycles. The highest BCUT2D eigenvalue weighted by atomic mass is 16.6. The molecular formula is C18H20N2O3. The first kappa shape index (κ1) is 16.7. The summed E-state index contributed by atoms with van der Waals surface area (Å²) in [5.74, 6) is -0.488. The Bertz CT molecular complexity index is 666. The van der Waals surface area contributed by atoms with Crippen molar-refractivity contribution in [3.63, 3.8) is 0 Å². The van der Waals surface area contributed by atoms with E-state index >= 15 is 0 Å². The van der Waals surface area contributed by atoms with Gasteiger partial charge in [-0.05, 0) is 29.8 Å². The molecule has 5 heteroatoms. The Balaban J connectivity index is 2.15. The van der Waals surface area contributed by atoms with E-state index in [-0.39, 0.29) is 23.7 Å². The smallest absolute Gasteiger partial charge is 0.211 e. The molecule has 1 unspecified atom stereocenters. The van der Waals surface area contributed by atoms with E-state index in [0.717, 1.165) is 11.3 Å². The van der Waals surface area contributed by atoms with Gasteiger partial charge in [-0.2, -0.15) is 0 Å². The van der Waals surface area contributed by atoms with Gasteiger partial charge in [0.05, 0.1) is 5.92 Å². The highest BCUT2D eigenvalue weighted by Crippen LogP contribution is 2.23. The zero-order valence-corrected chi connectivity index (χ0v) is 13.3. The van der Waals surface area contributed by atoms with E-state index in [9.17, 15) is 14.9 Å². The lowest BCUT2D eigenvalue weighted by Gasteiger charge is -2.14. The molecule has 0 amide bonds. The number of carbonyl (C=O) groups is 1. The summed E-state index contributed by atoms with van der Waals surface area (Å²) in [6.45, 7) is -0.245. The van der Waals surface area contributed by atoms with Crippen LogP contribution >= 0.6 is 0 Å². The Hall–Kier alpha value is -2.69. The summed E-state index contributed by atoms with van der Waals surface area (Å²) >= 11 is 0. The molecule has 23 heavy (non-hydrogen) atoms. The molecule has 0 N–H and O–H groups in total. The topological polar surface area (TPSA) is 63.5 Å². The normalized spacial score (nSPS) is 11.7. The fraction of sp³-hybridized carbons (Fsp3) is 0.278. The van der Waals surface area contributed by atoms with Gasteiger partial charge in [0.15, 0.2) is 5.78 Å². The first-order valence-electron chi connectivity index (χ1n) is 7.44. The summed E-state index contributed by atoms with van der Waals surface area (Å²) in [4.78, 5) is 25.0. The number of Topliss-reactive ketones (excluding diaryl/α,β-unsaturated/α-hetero) is 1. The predicted octanol–water partition coefficient (Wildman–Crippen LogP) is 3.39. The van der Waals surface area contributed by atoms with E-state index in [4.69, 9.17) is 0 Å². The van der Waals surface area contributed by atoms with Crippen LogP contribution in [0.5, 0.6) is 0 Å². The van der Waals surface area contributed by atoms with E-state index in [2.05, 4.69) is 0 Å². The van der Waals surface area contributed by atoms with Gasteiger partial charge in [0.2, 0.25) is 6.54 Å². The minimum atomic E-state index is -0.410. The lowest BCUT2D eigenvalue weighted by molar-refractivity contribution is -0.483. The van der Waals surface area contributed by atoms with Gasteiger partial charge in [-0.15, -0.1) is 0 Å². The summed E-state index contributed by atoms with van der Waals surface area (Å²) in [5, 5.41) is 10.9. The maximum Gasteiger partial charge on any atom is 0.211 e. The first-order chi connectivity index (χ1) is 11.0. The van der Waals surface area contributed by atoms with E-state index in [1.165, 1.54) is 0 Å². The Kier molecular flexibility index (Phi) is 5.46. The van der Waals surface area contributed by atoms with Gasteiger partial charge in [-0.1, -0.05) is 30.3 Å². The molecule has 1 atom stereocenters. The highest BCUT2D eigenvalue weighted by molar-refractivity contribution is 5.96. The number of benzene rings is 2. The number of hydrogen-bond donors (Lipinski definition) is 0. The van der Waals surface area contributed by atoms with E-state index in [1.807, 2.05) is 61.5 Å². The van der Waals surface area contributed by atoms with Crippen LogP contribution in [0.15, 0.2) is 54.6 Å². The van der Waals surface area contributed by atoms with Crippen LogP contribution in [0, 0.1) is 10.1 Å². The van der Waals surface area contributed by atoms with Crippen molar-refractivity contribution in [2.75, 3.05) is 25.5 Å². The fourth-order valence-corrected chi connectivity index (χ4v) is 2.48. The van der Waals surface area contributed by atoms with Crippen molar-refractivity contribution < 1.29 is 9.72 Å². The van der Waals surface area contributed by atoms with Gasteiger partial charge >= 0.3 is 0 Å². The van der Waals surface area contributed by atoms with Crippen LogP contribution in [0.3, 0.4) is 0 Å². The van der Waals surface area contributed by atoms with Gasteiger partial charge in [0.1, 0.15) is 0 Å². The van der Waals surface area contributed by atoms with Crippen LogP contribution in [0.25, 0.3) is 0 Å². The second-order valence-electron chi connectivity index (χ2n) is 5.69. The van der Waals surface area contributed by atoms with Gasteiger partial charge < -0.3 is 4.90 Å². The molecule has 2 aromatic rings. The van der Waals surface area contributed by atoms with Crippen molar-refractivity contribution in [3.05, 3.63) is 75.8 Å². The van der Waals surface area contributed by atoms with Crippen LogP contribution in [0.1, 0.15) is 28.3 Å². The summed E-state index contributed by atoms with van der Waals surface area (Å²) in [6.07, 6.45) is 0.131. The second kappa shape index (κ2) is 7.54. The quantitative estimate of drug-likeness (QED) is 0.446. The van der Waals surface area contributed by atoms with Crippen LogP contribution in [-0.2, 0) is 0 Å². The summed E-state index contributed by atoms with van der Waals surface area (Å²) in [7, 11) is 3.86. The zero-order valence-electron chi connectivity index (χ0n) is 13.3. The average molecular weight is 312 g/mol. The number of hydrogen-bond acceptors (Lipinski definition) is 4. The zero-order chi connectivity index (χ0) is 16.8. The van der Waals surface area contributed by atoms with Crippen molar-refractivity contribution in [1.29, 1.82) is 0 Å². The van der Waals surface area contributed by atoms with Crippen LogP contribution in [0.2, 0.25) is 0 Å². The number of nitrogens with zero attached hydrogens (tertiary/aromatic N) is 2. The molecule has 120 valence electrons. The minimum absolute atomic E-state index is 0.0778. The molecule has 0 aromatic heterocycles. The van der Waals surface area contributed by atoms with Gasteiger partial charge in [0, 0.05) is 36.7 Å². The molecule has 0 saturated carbocycles. The molecule has 2 rings (SSSR count). The molecule has 0 bridgehead atoms. The van der Waals surface area contributed by atoms with E-state index in [1.54, 1.807) is 12.1 Å². The van der Waals surface area contributed by atoms with Crippen molar-refractivity contribution in [2.24, 2.45) is 0 Å². The van der Waals surface area contributed by atoms with Crippen molar-refractivity contribution in [2.45, 2.75) is 12.3 Å². The third kappa shape index (κ3) is 4.64. The molecule has 0 heterocycles. The maximum atomic E-state index is 12.5. The molecule has 0 radical (unpaired) electrons. The lowest BCUT2D eigenvalue weighted by atomic mass is 9.91. The number of nitro groups is 1. The van der Waals surface area contributed by atoms with Gasteiger partial charge in [-0.3, -0.25) is 14.9 Å². The first-order valence-corrected chi connectivity index (χ1v) is 7.44. The highest BCUT2D eigenvalue weighted by Gasteiger charge is 2.22. The SMILES string of the molecule is CN(C)c1ccc(C(=O)CC(C[N+](=O)[O-])c2ccccc2)cc1. The molecule has 0 spiro atoms. The molecule has 0 saturated heterocycles. The maximum absolute atomic E-state index is 12.5. The van der Waals surface area contributed by atoms with Crippen LogP contribution in [0.4, 0.5) is 5.69 Å². The molecule has 0 aliphatic heterocycles. The van der Waals surface area contributed by atoms with Crippen LogP contribution in [-0.4, -0.2) is 31.3 Å². The summed E-state index contributed by atoms with van der Waals surface area (Å²) in [6, 6.07) is 16.5. The predicted molar refractivity (Wildman–Crippen MR) is 90.8 cm³/mol. The van der Waals surface area contributed by atoms with Crippen molar-refractivity contribution in [3.8, 4) is 0 Å². The van der Waals surface area contributed by atoms with Crippen molar-refractivity contribution in [1.82, 2.24) is 0 Å². The average Bonchev–Trinajstić information content (AvgIpc) is 2.54. The Morgan fingerprint density at radius 3 is 2.22 bits per heavy atom. The Morgan fingerprint density at radius 1 is 1.09 bits per heavy atom. The van der Waals surface area contributed by atoms with E-state index in [0.29, 0.717) is 5.56 Å². The number of carbonyl (C=O) groups excluding carboxylic acids is 1. The third-order valence-corrected chi connectivity index (χ3v) is 3.78. The Morgan fingerprint density at radius 2 is 1.70 bits per heavy atom. The molecule has 0 aliphatic carbocycles. The summed E-state index contributed by atoms with van der Waals surface area (Å²) < 4.78 is 0. The Labute approximate surface area is 135 Å². The second-order valence-corrected chi connectivity index (χ2v) is 5.69. The molecule has 5 nitrogen and oxygen atoms in total. The number of rotatable bonds is 7. The summed E-state index contributed by atoms with van der Waals surface area (Å²) in [5.41, 5.74) is 2.41. The molecular weight excluding hydrogens is 292 g/mol. The van der Waals surface area contributed by atoms with Crippen LogP contribution < -0.4 is 4.90 Å². The van der Waals surface area contributed by atoms with Crippen molar-refractivity contribution >= 4 is 11.5 Å². The van der Waals surface area contributed by atoms with E-state index < -0.39 is 5.92 Å². The largest absolute Gasteiger partial charge is 0.378 e. The monoisotopic (exact) mass is 312 g/mol. The van der Waals surface area contributed by atoms with Gasteiger partial charge in [-0.25, -0.2) is 0 Å². The lowest BCUT2D eigenvalue weighted by Crippen LogP contribution is -2.17. The third-order valence-electron chi connectivity index (χ3n) is 3.78. The minimum Gasteiger partial charge on any atom is -0.378 e. The molecule has 0 fully saturated rings. The standard InChI is InChI=1S/C18H20N2O3/c1-19(2)17-10-8-15(9-11-17)18(21)12-16(13-20(22)23)14-6-4-3-5-7-14/h3-11,16H,12-13H2,1-2H3. The fourth-order valence-electron chi connectivity index (χ4n) is 2.48. The number of anilines is 1.